The van der Waals surface area contributed by atoms with Crippen LogP contribution in [0.4, 0.5) is 5.69 Å². The smallest absolute Gasteiger partial charge is 0.201 e. The fourth-order valence-electron chi connectivity index (χ4n) is 2.96. The van der Waals surface area contributed by atoms with Crippen LogP contribution in [0, 0.1) is 0 Å². The van der Waals surface area contributed by atoms with Crippen LogP contribution in [-0.2, 0) is 0 Å². The van der Waals surface area contributed by atoms with Gasteiger partial charge in [0.05, 0.1) is 30.9 Å². The fraction of sp³-hybridized carbons (Fsp3) is 0.263. The molecule has 2 aromatic rings. The monoisotopic (exact) mass is 366 g/mol. The maximum atomic E-state index is 13.2. The minimum absolute atomic E-state index is 0.0578. The van der Waals surface area contributed by atoms with Crippen LogP contribution in [0.5, 0.6) is 11.5 Å². The average molecular weight is 366 g/mol. The number of fused-ring (bicyclic) bond motifs is 2. The van der Waals surface area contributed by atoms with E-state index in [-0.39, 0.29) is 52.7 Å². The number of hydrogen-bond acceptors (Lipinski definition) is 6. The Morgan fingerprint density at radius 1 is 1.04 bits per heavy atom. The first kappa shape index (κ1) is 18.3. The highest BCUT2D eigenvalue weighted by Crippen LogP contribution is 2.38. The van der Waals surface area contributed by atoms with Crippen LogP contribution in [0.1, 0.15) is 45.2 Å². The van der Waals surface area contributed by atoms with Gasteiger partial charge in [-0.2, -0.15) is 0 Å². The van der Waals surface area contributed by atoms with Gasteiger partial charge < -0.3 is 15.2 Å². The van der Waals surface area contributed by atoms with Gasteiger partial charge in [-0.05, 0) is 24.1 Å². The summed E-state index contributed by atoms with van der Waals surface area (Å²) in [6.45, 7) is 2.53. The number of ketones is 2. The van der Waals surface area contributed by atoms with Crippen LogP contribution in [0.3, 0.4) is 0 Å². The third kappa shape index (κ3) is 3.43. The van der Waals surface area contributed by atoms with E-state index in [1.54, 1.807) is 18.2 Å². The molecule has 0 saturated carbocycles. The standard InChI is InChI=1S/C19H18N4O4/c1-2-7-26-14-5-3-4-12-16(14)19(25)17-13(18(12)24)9-11(20)10-15(17)27-8-6-22-23-21/h3-5,9-10H,2,6-8,20H2,1H3. The molecule has 0 unspecified atom stereocenters. The van der Waals surface area contributed by atoms with Crippen LogP contribution in [-0.4, -0.2) is 31.3 Å². The Hall–Kier alpha value is -3.51. The van der Waals surface area contributed by atoms with E-state index in [1.165, 1.54) is 12.1 Å². The maximum absolute atomic E-state index is 13.2. The molecule has 0 radical (unpaired) electrons. The predicted octanol–water partition coefficient (Wildman–Crippen LogP) is 3.52. The van der Waals surface area contributed by atoms with Gasteiger partial charge in [0.1, 0.15) is 11.5 Å². The molecule has 0 atom stereocenters. The van der Waals surface area contributed by atoms with E-state index in [9.17, 15) is 9.59 Å². The maximum Gasteiger partial charge on any atom is 0.201 e. The molecule has 3 rings (SSSR count). The van der Waals surface area contributed by atoms with Crippen molar-refractivity contribution in [2.75, 3.05) is 25.5 Å². The first-order chi connectivity index (χ1) is 13.1. The van der Waals surface area contributed by atoms with Crippen LogP contribution >= 0.6 is 0 Å². The lowest BCUT2D eigenvalue weighted by Crippen LogP contribution is -2.23. The summed E-state index contributed by atoms with van der Waals surface area (Å²) in [6, 6.07) is 7.91. The summed E-state index contributed by atoms with van der Waals surface area (Å²) in [5.41, 5.74) is 15.4. The number of hydrogen-bond donors (Lipinski definition) is 1. The number of carbonyl (C=O) groups excluding carboxylic acids is 2. The summed E-state index contributed by atoms with van der Waals surface area (Å²) < 4.78 is 11.3. The van der Waals surface area contributed by atoms with Crippen molar-refractivity contribution in [2.45, 2.75) is 13.3 Å². The highest BCUT2D eigenvalue weighted by molar-refractivity contribution is 6.30. The van der Waals surface area contributed by atoms with Gasteiger partial charge in [0.2, 0.25) is 5.78 Å². The van der Waals surface area contributed by atoms with Crippen molar-refractivity contribution < 1.29 is 19.1 Å². The SMILES string of the molecule is CCCOc1cccc2c1C(=O)c1c(OCCN=[N+]=[N-])cc(N)cc1C2=O. The Morgan fingerprint density at radius 2 is 1.78 bits per heavy atom. The Labute approximate surface area is 155 Å². The molecule has 0 amide bonds. The normalized spacial score (nSPS) is 12.0. The van der Waals surface area contributed by atoms with Crippen molar-refractivity contribution in [3.05, 3.63) is 63.0 Å². The zero-order chi connectivity index (χ0) is 19.4. The van der Waals surface area contributed by atoms with Gasteiger partial charge in [-0.3, -0.25) is 9.59 Å². The molecule has 0 aliphatic heterocycles. The number of carbonyl (C=O) groups is 2. The number of rotatable bonds is 7. The summed E-state index contributed by atoms with van der Waals surface area (Å²) >= 11 is 0. The number of nitrogen functional groups attached to an aromatic ring is 1. The van der Waals surface area contributed by atoms with E-state index < -0.39 is 0 Å². The number of azide groups is 1. The van der Waals surface area contributed by atoms with Gasteiger partial charge in [-0.15, -0.1) is 0 Å². The minimum Gasteiger partial charge on any atom is -0.493 e. The van der Waals surface area contributed by atoms with Gasteiger partial charge in [-0.1, -0.05) is 24.2 Å². The van der Waals surface area contributed by atoms with Crippen molar-refractivity contribution in [2.24, 2.45) is 5.11 Å². The van der Waals surface area contributed by atoms with E-state index in [2.05, 4.69) is 10.0 Å². The Morgan fingerprint density at radius 3 is 2.52 bits per heavy atom. The molecule has 0 saturated heterocycles. The van der Waals surface area contributed by atoms with Gasteiger partial charge in [0, 0.05) is 27.8 Å². The van der Waals surface area contributed by atoms with Gasteiger partial charge in [-0.25, -0.2) is 0 Å². The van der Waals surface area contributed by atoms with E-state index in [0.29, 0.717) is 18.0 Å². The zero-order valence-corrected chi connectivity index (χ0v) is 14.8. The third-order valence-electron chi connectivity index (χ3n) is 4.07. The molecule has 8 nitrogen and oxygen atoms in total. The number of benzene rings is 2. The van der Waals surface area contributed by atoms with E-state index in [4.69, 9.17) is 20.7 Å². The lowest BCUT2D eigenvalue weighted by Gasteiger charge is -2.22. The summed E-state index contributed by atoms with van der Waals surface area (Å²) in [5, 5.41) is 3.39. The van der Waals surface area contributed by atoms with Crippen molar-refractivity contribution in [1.29, 1.82) is 0 Å². The third-order valence-corrected chi connectivity index (χ3v) is 4.07. The van der Waals surface area contributed by atoms with Crippen LogP contribution in [0.2, 0.25) is 0 Å². The molecule has 0 spiro atoms. The summed E-state index contributed by atoms with van der Waals surface area (Å²) in [5.74, 6) is -0.110. The fourth-order valence-corrected chi connectivity index (χ4v) is 2.96. The molecule has 0 bridgehead atoms. The molecular weight excluding hydrogens is 348 g/mol. The number of nitrogens with zero attached hydrogens (tertiary/aromatic N) is 3. The largest absolute Gasteiger partial charge is 0.493 e. The highest BCUT2D eigenvalue weighted by Gasteiger charge is 2.35. The lowest BCUT2D eigenvalue weighted by atomic mass is 9.83. The van der Waals surface area contributed by atoms with Crippen molar-refractivity contribution >= 4 is 17.3 Å². The van der Waals surface area contributed by atoms with E-state index in [0.717, 1.165) is 6.42 Å². The Kier molecular flexibility index (Phi) is 5.28. The minimum atomic E-state index is -0.356. The first-order valence-corrected chi connectivity index (χ1v) is 8.50. The number of ether oxygens (including phenoxy) is 2. The van der Waals surface area contributed by atoms with Crippen LogP contribution < -0.4 is 15.2 Å². The second-order valence-electron chi connectivity index (χ2n) is 5.93. The Bertz CT molecular complexity index is 964. The molecule has 0 fully saturated rings. The van der Waals surface area contributed by atoms with Crippen molar-refractivity contribution in [3.8, 4) is 11.5 Å². The lowest BCUT2D eigenvalue weighted by molar-refractivity contribution is 0.0972. The Balaban J connectivity index is 2.09. The van der Waals surface area contributed by atoms with Crippen LogP contribution in [0.15, 0.2) is 35.4 Å². The number of anilines is 1. The van der Waals surface area contributed by atoms with E-state index in [1.807, 2.05) is 6.92 Å². The number of nitrogens with two attached hydrogens (primary N) is 1. The summed E-state index contributed by atoms with van der Waals surface area (Å²) in [6.07, 6.45) is 0.771. The van der Waals surface area contributed by atoms with Crippen molar-refractivity contribution in [3.63, 3.8) is 0 Å². The highest BCUT2D eigenvalue weighted by atomic mass is 16.5. The van der Waals surface area contributed by atoms with Gasteiger partial charge >= 0.3 is 0 Å². The molecule has 1 aliphatic rings. The van der Waals surface area contributed by atoms with Crippen molar-refractivity contribution in [1.82, 2.24) is 0 Å². The molecular formula is C19H18N4O4. The van der Waals surface area contributed by atoms with E-state index >= 15 is 0 Å². The molecule has 1 aliphatic carbocycles. The first-order valence-electron chi connectivity index (χ1n) is 8.50. The zero-order valence-electron chi connectivity index (χ0n) is 14.8. The van der Waals surface area contributed by atoms with Gasteiger partial charge in [0.15, 0.2) is 5.78 Å². The molecule has 2 N–H and O–H groups in total. The quantitative estimate of drug-likeness (QED) is 0.225. The second-order valence-corrected chi connectivity index (χ2v) is 5.93. The molecule has 138 valence electrons. The topological polar surface area (TPSA) is 127 Å². The average Bonchev–Trinajstić information content (AvgIpc) is 2.67. The molecule has 27 heavy (non-hydrogen) atoms. The molecule has 0 aromatic heterocycles. The predicted molar refractivity (Wildman–Crippen MR) is 99.5 cm³/mol. The van der Waals surface area contributed by atoms with Gasteiger partial charge in [0.25, 0.3) is 0 Å². The molecule has 8 heteroatoms. The molecule has 2 aromatic carbocycles. The summed E-state index contributed by atoms with van der Waals surface area (Å²) in [7, 11) is 0. The van der Waals surface area contributed by atoms with Crippen LogP contribution in [0.25, 0.3) is 10.4 Å². The summed E-state index contributed by atoms with van der Waals surface area (Å²) in [4.78, 5) is 28.8. The second kappa shape index (κ2) is 7.80. The molecule has 0 heterocycles.